The van der Waals surface area contributed by atoms with Crippen molar-refractivity contribution in [3.05, 3.63) is 60.9 Å². The number of ether oxygens (including phenoxy) is 2. The minimum Gasteiger partial charge on any atom is -0.457 e. The van der Waals surface area contributed by atoms with Crippen LogP contribution in [0, 0.1) is 0 Å². The van der Waals surface area contributed by atoms with E-state index in [0.717, 1.165) is 59.4 Å². The van der Waals surface area contributed by atoms with Gasteiger partial charge in [0.1, 0.15) is 18.2 Å². The molecule has 0 spiro atoms. The first-order valence-electron chi connectivity index (χ1n) is 12.5. The van der Waals surface area contributed by atoms with E-state index in [-0.39, 0.29) is 8.80 Å². The van der Waals surface area contributed by atoms with Crippen LogP contribution in [0.4, 0.5) is 0 Å². The van der Waals surface area contributed by atoms with Crippen LogP contribution in [-0.4, -0.2) is 59.5 Å². The van der Waals surface area contributed by atoms with E-state index in [1.165, 1.54) is 25.9 Å². The fourth-order valence-electron chi connectivity index (χ4n) is 4.49. The van der Waals surface area contributed by atoms with Gasteiger partial charge in [-0.3, -0.25) is 4.68 Å². The number of benzene rings is 2. The summed E-state index contributed by atoms with van der Waals surface area (Å²) >= 11 is 0. The molecule has 8 heteroatoms. The minimum atomic E-state index is -0.259. The predicted molar refractivity (Wildman–Crippen MR) is 141 cm³/mol. The third-order valence-electron chi connectivity index (χ3n) is 6.50. The van der Waals surface area contributed by atoms with E-state index in [9.17, 15) is 0 Å². The zero-order chi connectivity index (χ0) is 24.0. The topological polar surface area (TPSA) is 57.3 Å². The van der Waals surface area contributed by atoms with Crippen LogP contribution >= 0.6 is 0 Å². The molecule has 4 aromatic rings. The van der Waals surface area contributed by atoms with E-state index >= 15 is 0 Å². The molecule has 0 atom stereocenters. The second kappa shape index (κ2) is 11.2. The summed E-state index contributed by atoms with van der Waals surface area (Å²) < 4.78 is 16.0. The van der Waals surface area contributed by atoms with Gasteiger partial charge < -0.3 is 14.4 Å². The normalized spacial score (nSPS) is 14.4. The molecule has 2 aromatic carbocycles. The minimum absolute atomic E-state index is 0.259. The lowest BCUT2D eigenvalue weighted by molar-refractivity contribution is 0.0801. The van der Waals surface area contributed by atoms with E-state index in [1.54, 1.807) is 0 Å². The Labute approximate surface area is 208 Å². The highest BCUT2D eigenvalue weighted by Crippen LogP contribution is 2.28. The van der Waals surface area contributed by atoms with Gasteiger partial charge in [0.25, 0.3) is 0 Å². The highest BCUT2D eigenvalue weighted by atomic mass is 28.3. The van der Waals surface area contributed by atoms with Gasteiger partial charge in [-0.15, -0.1) is 0 Å². The van der Waals surface area contributed by atoms with Gasteiger partial charge in [0.2, 0.25) is 0 Å². The Kier molecular flexibility index (Phi) is 7.61. The third-order valence-corrected chi connectivity index (χ3v) is 7.71. The quantitative estimate of drug-likeness (QED) is 0.206. The largest absolute Gasteiger partial charge is 0.457 e. The molecule has 1 radical (unpaired) electrons. The van der Waals surface area contributed by atoms with Crippen molar-refractivity contribution in [1.29, 1.82) is 0 Å². The smallest absolute Gasteiger partial charge is 0.139 e. The van der Waals surface area contributed by atoms with Crippen molar-refractivity contribution in [3.63, 3.8) is 0 Å². The Balaban J connectivity index is 1.20. The molecule has 3 heterocycles. The number of rotatable bonds is 11. The predicted octanol–water partition coefficient (Wildman–Crippen LogP) is 5.52. The first-order valence-corrected chi connectivity index (χ1v) is 15.2. The first-order chi connectivity index (χ1) is 17.2. The monoisotopic (exact) mass is 488 g/mol. The molecule has 0 unspecified atom stereocenters. The number of likely N-dealkylation sites (tertiary alicyclic amines) is 1. The van der Waals surface area contributed by atoms with Gasteiger partial charge in [-0.2, -0.15) is 10.2 Å². The molecule has 2 aromatic heterocycles. The lowest BCUT2D eigenvalue weighted by Crippen LogP contribution is -2.24. The maximum Gasteiger partial charge on any atom is 0.139 e. The molecule has 1 fully saturated rings. The van der Waals surface area contributed by atoms with Crippen LogP contribution in [0.1, 0.15) is 12.8 Å². The fraction of sp³-hybridized carbons (Fsp3) is 0.407. The molecule has 183 valence electrons. The summed E-state index contributed by atoms with van der Waals surface area (Å²) in [5.41, 5.74) is 3.28. The van der Waals surface area contributed by atoms with Crippen molar-refractivity contribution >= 4 is 19.7 Å². The molecule has 0 saturated carbocycles. The number of aromatic nitrogens is 4. The number of hydrogen-bond donors (Lipinski definition) is 0. The Morgan fingerprint density at radius 1 is 0.886 bits per heavy atom. The molecular weight excluding hydrogens is 454 g/mol. The second-order valence-electron chi connectivity index (χ2n) is 9.47. The Bertz CT molecular complexity index is 1230. The summed E-state index contributed by atoms with van der Waals surface area (Å²) in [4.78, 5) is 2.52. The van der Waals surface area contributed by atoms with Crippen LogP contribution in [0.15, 0.2) is 60.9 Å². The van der Waals surface area contributed by atoms with Crippen molar-refractivity contribution in [2.75, 3.05) is 26.2 Å². The van der Waals surface area contributed by atoms with Crippen LogP contribution in [0.2, 0.25) is 19.1 Å². The average Bonchev–Trinajstić information content (AvgIpc) is 3.62. The molecule has 7 nitrogen and oxygen atoms in total. The molecule has 5 rings (SSSR count). The molecule has 0 bridgehead atoms. The van der Waals surface area contributed by atoms with E-state index in [0.29, 0.717) is 6.73 Å². The van der Waals surface area contributed by atoms with Gasteiger partial charge in [-0.1, -0.05) is 13.1 Å². The molecule has 0 amide bonds. The lowest BCUT2D eigenvalue weighted by atomic mass is 10.1. The highest BCUT2D eigenvalue weighted by Gasteiger charge is 2.12. The van der Waals surface area contributed by atoms with Crippen LogP contribution in [-0.2, 0) is 18.0 Å². The average molecular weight is 489 g/mol. The van der Waals surface area contributed by atoms with Gasteiger partial charge in [0.15, 0.2) is 0 Å². The maximum absolute atomic E-state index is 6.15. The summed E-state index contributed by atoms with van der Waals surface area (Å²) in [6.07, 6.45) is 6.39. The Morgan fingerprint density at radius 3 is 2.49 bits per heavy atom. The molecule has 1 saturated heterocycles. The van der Waals surface area contributed by atoms with Crippen molar-refractivity contribution in [1.82, 2.24) is 24.5 Å². The van der Waals surface area contributed by atoms with Gasteiger partial charge in [0.05, 0.1) is 24.0 Å². The summed E-state index contributed by atoms with van der Waals surface area (Å²) in [6.45, 7) is 10.3. The Hall–Kier alpha value is -2.94. The van der Waals surface area contributed by atoms with E-state index in [2.05, 4.69) is 57.1 Å². The molecule has 0 aliphatic carbocycles. The van der Waals surface area contributed by atoms with Gasteiger partial charge >= 0.3 is 0 Å². The summed E-state index contributed by atoms with van der Waals surface area (Å²) in [5.74, 6) is 1.62. The van der Waals surface area contributed by atoms with Crippen molar-refractivity contribution < 1.29 is 9.47 Å². The second-order valence-corrected chi connectivity index (χ2v) is 12.4. The van der Waals surface area contributed by atoms with E-state index < -0.39 is 0 Å². The summed E-state index contributed by atoms with van der Waals surface area (Å²) in [7, 11) is -0.259. The van der Waals surface area contributed by atoms with Crippen LogP contribution < -0.4 is 4.74 Å². The Morgan fingerprint density at radius 2 is 1.69 bits per heavy atom. The van der Waals surface area contributed by atoms with E-state index in [1.807, 2.05) is 41.3 Å². The van der Waals surface area contributed by atoms with Gasteiger partial charge in [0, 0.05) is 39.1 Å². The zero-order valence-corrected chi connectivity index (χ0v) is 21.7. The standard InChI is InChI=1S/C27H34N5O2Si/c1-35(2)18-17-33-21-32-27(11-12-28-32)22-5-7-24(8-6-22)34-25-9-10-26-23(19-25)20-29-31(26)16-15-30-13-3-4-14-30/h5-12,19-20H,3-4,13-18,21H2,1-2H3. The summed E-state index contributed by atoms with van der Waals surface area (Å²) in [6, 6.07) is 17.5. The van der Waals surface area contributed by atoms with Crippen molar-refractivity contribution in [3.8, 4) is 22.8 Å². The molecule has 1 aliphatic rings. The molecule has 1 aliphatic heterocycles. The number of fused-ring (bicyclic) bond motifs is 1. The van der Waals surface area contributed by atoms with Gasteiger partial charge in [-0.25, -0.2) is 4.68 Å². The van der Waals surface area contributed by atoms with Crippen LogP contribution in [0.25, 0.3) is 22.2 Å². The molecule has 35 heavy (non-hydrogen) atoms. The fourth-order valence-corrected chi connectivity index (χ4v) is 5.04. The maximum atomic E-state index is 6.15. The summed E-state index contributed by atoms with van der Waals surface area (Å²) in [5, 5.41) is 10.1. The van der Waals surface area contributed by atoms with Crippen molar-refractivity contribution in [2.24, 2.45) is 0 Å². The number of nitrogens with zero attached hydrogens (tertiary/aromatic N) is 5. The molecule has 0 N–H and O–H groups in total. The van der Waals surface area contributed by atoms with Crippen LogP contribution in [0.3, 0.4) is 0 Å². The van der Waals surface area contributed by atoms with E-state index in [4.69, 9.17) is 9.47 Å². The third kappa shape index (κ3) is 6.01. The lowest BCUT2D eigenvalue weighted by Gasteiger charge is -2.14. The first kappa shape index (κ1) is 23.8. The highest BCUT2D eigenvalue weighted by molar-refractivity contribution is 6.55. The SMILES string of the molecule is C[Si](C)CCOCn1nccc1-c1ccc(Oc2ccc3c(cnn3CCN3CCCC3)c2)cc1. The zero-order valence-electron chi connectivity index (χ0n) is 20.7. The van der Waals surface area contributed by atoms with Crippen LogP contribution in [0.5, 0.6) is 11.5 Å². The molecular formula is C27H34N5O2Si. The number of hydrogen-bond acceptors (Lipinski definition) is 5. The van der Waals surface area contributed by atoms with Gasteiger partial charge in [-0.05, 0) is 80.5 Å². The van der Waals surface area contributed by atoms with Crippen molar-refractivity contribution in [2.45, 2.75) is 45.3 Å².